The molecule has 1 aliphatic rings. The first-order chi connectivity index (χ1) is 22.0. The second kappa shape index (κ2) is 14.0. The van der Waals surface area contributed by atoms with E-state index in [1.54, 1.807) is 42.0 Å². The van der Waals surface area contributed by atoms with Crippen LogP contribution in [0, 0.1) is 11.7 Å². The number of hydrogen-bond donors (Lipinski definition) is 4. The molecule has 10 nitrogen and oxygen atoms in total. The van der Waals surface area contributed by atoms with Gasteiger partial charge in [0.25, 0.3) is 5.91 Å². The first-order valence-corrected chi connectivity index (χ1v) is 16.7. The fraction of sp³-hybridized carbons (Fsp3) is 0.324. The number of aliphatic hydroxyl groups is 2. The lowest BCUT2D eigenvalue weighted by Gasteiger charge is -2.38. The Balaban J connectivity index is 1.43. The summed E-state index contributed by atoms with van der Waals surface area (Å²) in [5.74, 6) is -1.29. The van der Waals surface area contributed by atoms with Crippen molar-refractivity contribution in [3.8, 4) is 5.75 Å². The van der Waals surface area contributed by atoms with Crippen molar-refractivity contribution < 1.29 is 32.6 Å². The number of carbonyl (C=O) groups excluding carboxylic acids is 1. The van der Waals surface area contributed by atoms with Crippen LogP contribution in [0.5, 0.6) is 5.75 Å². The van der Waals surface area contributed by atoms with Gasteiger partial charge in [-0.1, -0.05) is 49.4 Å². The van der Waals surface area contributed by atoms with E-state index in [0.717, 1.165) is 22.9 Å². The number of carbonyl (C=O) groups is 1. The molecule has 0 saturated carbocycles. The average molecular weight is 651 g/mol. The van der Waals surface area contributed by atoms with Crippen LogP contribution in [0.1, 0.15) is 24.2 Å². The van der Waals surface area contributed by atoms with E-state index >= 15 is 0 Å². The summed E-state index contributed by atoms with van der Waals surface area (Å²) in [6.45, 7) is 3.83. The molecule has 0 bridgehead atoms. The number of rotatable bonds is 11. The minimum Gasteiger partial charge on any atom is -0.486 e. The number of sulfone groups is 1. The third-order valence-corrected chi connectivity index (χ3v) is 9.89. The Hall–Kier alpha value is -4.23. The molecule has 1 aliphatic heterocycles. The molecule has 4 unspecified atom stereocenters. The second-order valence-corrected chi connectivity index (χ2v) is 13.7. The van der Waals surface area contributed by atoms with Crippen LogP contribution < -0.4 is 15.4 Å². The van der Waals surface area contributed by atoms with Gasteiger partial charge in [0, 0.05) is 30.1 Å². The van der Waals surface area contributed by atoms with Gasteiger partial charge in [0.1, 0.15) is 17.8 Å². The number of para-hydroxylation sites is 1. The van der Waals surface area contributed by atoms with Crippen molar-refractivity contribution in [2.24, 2.45) is 5.92 Å². The van der Waals surface area contributed by atoms with E-state index in [9.17, 15) is 27.8 Å². The molecule has 0 fully saturated rings. The second-order valence-electron chi connectivity index (χ2n) is 11.8. The maximum Gasteiger partial charge on any atom is 0.258 e. The number of anilines is 2. The monoisotopic (exact) mass is 650 g/mol. The Morgan fingerprint density at radius 1 is 1.00 bits per heavy atom. The number of hydrogen-bond acceptors (Lipinski definition) is 9. The van der Waals surface area contributed by atoms with Crippen LogP contribution in [-0.4, -0.2) is 85.5 Å². The molecule has 12 heteroatoms. The van der Waals surface area contributed by atoms with E-state index in [4.69, 9.17) is 4.74 Å². The Bertz CT molecular complexity index is 1780. The summed E-state index contributed by atoms with van der Waals surface area (Å²) < 4.78 is 46.2. The van der Waals surface area contributed by atoms with Gasteiger partial charge in [0.15, 0.2) is 15.6 Å². The number of amides is 1. The van der Waals surface area contributed by atoms with E-state index < -0.39 is 34.2 Å². The first-order valence-electron chi connectivity index (χ1n) is 15.0. The SMILES string of the molecule is CC1CN(C(C)CO)C(=O)c2cccc(NC(O)Nc3cccc4ccccc34)c2OC1CN(C)CS(=O)(=O)c1ccc(F)cc1. The highest BCUT2D eigenvalue weighted by molar-refractivity contribution is 7.91. The Morgan fingerprint density at radius 2 is 1.65 bits per heavy atom. The summed E-state index contributed by atoms with van der Waals surface area (Å²) in [7, 11) is -2.12. The standard InChI is InChI=1S/C34H39FN4O6S/c1-22-18-39(23(2)20-40)33(41)28-11-7-13-30(37-34(42)36-29-12-6-9-24-8-4-5-10-27(24)29)32(28)45-31(22)19-38(3)21-46(43,44)26-16-14-25(35)15-17-26/h4-17,22-23,31,34,36-37,40,42H,18-21H2,1-3H3. The van der Waals surface area contributed by atoms with Gasteiger partial charge in [-0.2, -0.15) is 0 Å². The van der Waals surface area contributed by atoms with Crippen molar-refractivity contribution >= 4 is 37.9 Å². The van der Waals surface area contributed by atoms with Crippen LogP contribution in [0.25, 0.3) is 10.8 Å². The minimum absolute atomic E-state index is 0.00504. The molecule has 0 aromatic heterocycles. The molecule has 4 N–H and O–H groups in total. The highest BCUT2D eigenvalue weighted by Crippen LogP contribution is 2.35. The van der Waals surface area contributed by atoms with Crippen molar-refractivity contribution in [1.29, 1.82) is 0 Å². The lowest BCUT2D eigenvalue weighted by molar-refractivity contribution is 0.0360. The fourth-order valence-electron chi connectivity index (χ4n) is 5.62. The lowest BCUT2D eigenvalue weighted by atomic mass is 9.99. The van der Waals surface area contributed by atoms with Crippen LogP contribution in [-0.2, 0) is 9.84 Å². The van der Waals surface area contributed by atoms with Crippen molar-refractivity contribution in [3.05, 3.63) is 96.3 Å². The zero-order valence-corrected chi connectivity index (χ0v) is 26.7. The molecule has 1 heterocycles. The molecule has 0 saturated heterocycles. The number of fused-ring (bicyclic) bond motifs is 2. The number of halogens is 1. The summed E-state index contributed by atoms with van der Waals surface area (Å²) in [5, 5.41) is 29.1. The molecule has 0 aliphatic carbocycles. The number of ether oxygens (including phenoxy) is 1. The Labute approximate surface area is 268 Å². The van der Waals surface area contributed by atoms with E-state index in [1.165, 1.54) is 12.1 Å². The predicted octanol–water partition coefficient (Wildman–Crippen LogP) is 4.36. The number of nitrogens with zero attached hydrogens (tertiary/aromatic N) is 2. The maximum atomic E-state index is 13.8. The molecule has 1 amide bonds. The summed E-state index contributed by atoms with van der Waals surface area (Å²) >= 11 is 0. The van der Waals surface area contributed by atoms with Crippen LogP contribution >= 0.6 is 0 Å². The van der Waals surface area contributed by atoms with Gasteiger partial charge in [0.05, 0.1) is 28.8 Å². The van der Waals surface area contributed by atoms with Crippen LogP contribution in [0.3, 0.4) is 0 Å². The zero-order chi connectivity index (χ0) is 33.0. The molecule has 46 heavy (non-hydrogen) atoms. The van der Waals surface area contributed by atoms with Crippen LogP contribution in [0.4, 0.5) is 15.8 Å². The number of aliphatic hydroxyl groups excluding tert-OH is 2. The van der Waals surface area contributed by atoms with Gasteiger partial charge < -0.3 is 30.5 Å². The summed E-state index contributed by atoms with van der Waals surface area (Å²) in [5.41, 5.74) is 1.29. The molecule has 5 rings (SSSR count). The third kappa shape index (κ3) is 7.42. The summed E-state index contributed by atoms with van der Waals surface area (Å²) in [6, 6.07) is 22.7. The molecule has 0 spiro atoms. The quantitative estimate of drug-likeness (QED) is 0.138. The van der Waals surface area contributed by atoms with Gasteiger partial charge in [-0.3, -0.25) is 9.69 Å². The Kier molecular flexibility index (Phi) is 10.1. The van der Waals surface area contributed by atoms with Crippen molar-refractivity contribution in [3.63, 3.8) is 0 Å². The minimum atomic E-state index is -3.78. The van der Waals surface area contributed by atoms with Crippen LogP contribution in [0.2, 0.25) is 0 Å². The first kappa shape index (κ1) is 33.1. The van der Waals surface area contributed by atoms with Gasteiger partial charge in [-0.05, 0) is 61.8 Å². The summed E-state index contributed by atoms with van der Waals surface area (Å²) in [4.78, 5) is 17.0. The lowest BCUT2D eigenvalue weighted by Crippen LogP contribution is -2.50. The fourth-order valence-corrected chi connectivity index (χ4v) is 7.01. The van der Waals surface area contributed by atoms with Crippen molar-refractivity contribution in [2.45, 2.75) is 37.2 Å². The molecule has 4 aromatic rings. The highest BCUT2D eigenvalue weighted by Gasteiger charge is 2.35. The van der Waals surface area contributed by atoms with E-state index in [1.807, 2.05) is 49.4 Å². The van der Waals surface area contributed by atoms with Crippen molar-refractivity contribution in [2.75, 3.05) is 43.3 Å². The molecule has 4 aromatic carbocycles. The van der Waals surface area contributed by atoms with E-state index in [-0.39, 0.29) is 53.6 Å². The van der Waals surface area contributed by atoms with E-state index in [0.29, 0.717) is 11.4 Å². The smallest absolute Gasteiger partial charge is 0.258 e. The molecular weight excluding hydrogens is 611 g/mol. The average Bonchev–Trinajstić information content (AvgIpc) is 3.02. The normalized spacial score (nSPS) is 18.3. The third-order valence-electron chi connectivity index (χ3n) is 8.12. The maximum absolute atomic E-state index is 13.8. The highest BCUT2D eigenvalue weighted by atomic mass is 32.2. The largest absolute Gasteiger partial charge is 0.486 e. The van der Waals surface area contributed by atoms with Gasteiger partial charge in [-0.25, -0.2) is 12.8 Å². The van der Waals surface area contributed by atoms with Crippen molar-refractivity contribution in [1.82, 2.24) is 9.80 Å². The van der Waals surface area contributed by atoms with Crippen LogP contribution in [0.15, 0.2) is 89.8 Å². The number of likely N-dealkylation sites (N-methyl/N-ethyl adjacent to an activating group) is 1. The van der Waals surface area contributed by atoms with Gasteiger partial charge in [0.2, 0.25) is 6.35 Å². The zero-order valence-electron chi connectivity index (χ0n) is 25.9. The number of benzene rings is 4. The topological polar surface area (TPSA) is 131 Å². The van der Waals surface area contributed by atoms with Gasteiger partial charge in [-0.15, -0.1) is 0 Å². The molecular formula is C34H39FN4O6S. The number of nitrogens with one attached hydrogen (secondary N) is 2. The van der Waals surface area contributed by atoms with Gasteiger partial charge >= 0.3 is 0 Å². The summed E-state index contributed by atoms with van der Waals surface area (Å²) in [6.07, 6.45) is -1.87. The molecule has 4 atom stereocenters. The predicted molar refractivity (Wildman–Crippen MR) is 176 cm³/mol. The molecule has 244 valence electrons. The molecule has 0 radical (unpaired) electrons. The van der Waals surface area contributed by atoms with E-state index in [2.05, 4.69) is 10.6 Å². The Morgan fingerprint density at radius 3 is 2.39 bits per heavy atom.